The number of nitrogens with zero attached hydrogens (tertiary/aromatic N) is 2. The minimum Gasteiger partial charge on any atom is -0.307 e. The van der Waals surface area contributed by atoms with Crippen LogP contribution < -0.4 is 0 Å². The highest BCUT2D eigenvalue weighted by Gasteiger charge is 2.22. The van der Waals surface area contributed by atoms with Gasteiger partial charge >= 0.3 is 0 Å². The highest BCUT2D eigenvalue weighted by atomic mass is 15.0. The molecule has 0 N–H and O–H groups in total. The third kappa shape index (κ3) is 3.48. The van der Waals surface area contributed by atoms with E-state index in [-0.39, 0.29) is 0 Å². The number of hydrogen-bond donors (Lipinski definition) is 0. The van der Waals surface area contributed by atoms with Gasteiger partial charge in [-0.25, -0.2) is 0 Å². The molecule has 0 radical (unpaired) electrons. The minimum atomic E-state index is 1.03. The number of benzene rings is 7. The summed E-state index contributed by atoms with van der Waals surface area (Å²) in [6, 6.07) is 55.1. The van der Waals surface area contributed by atoms with Gasteiger partial charge in [0.2, 0.25) is 0 Å². The smallest absolute Gasteiger partial charge is 0.0970 e. The van der Waals surface area contributed by atoms with E-state index in [1.54, 1.807) is 0 Å². The molecular weight excluding hydrogens is 544 g/mol. The van der Waals surface area contributed by atoms with Gasteiger partial charge in [-0.05, 0) is 85.6 Å². The fraction of sp³-hybridized carbons (Fsp3) is 0. The van der Waals surface area contributed by atoms with Crippen molar-refractivity contribution >= 4 is 43.5 Å². The average Bonchev–Trinajstić information content (AvgIpc) is 3.63. The summed E-state index contributed by atoms with van der Waals surface area (Å²) in [5.74, 6) is 0. The van der Waals surface area contributed by atoms with Crippen LogP contribution in [-0.2, 0) is 0 Å². The summed E-state index contributed by atoms with van der Waals surface area (Å²) < 4.78 is 2.37. The van der Waals surface area contributed by atoms with Crippen LogP contribution in [0.2, 0.25) is 0 Å². The number of aromatic nitrogens is 2. The molecule has 45 heavy (non-hydrogen) atoms. The SMILES string of the molecule is c1ccc(-n2c3ccc(-c4cccc(-c5ccc6c7c(cccc57)-c5ccccc5-6)c4)cc3c3ncc4ccccc4c32)cc1. The van der Waals surface area contributed by atoms with Crippen molar-refractivity contribution < 1.29 is 0 Å². The topological polar surface area (TPSA) is 17.8 Å². The first-order chi connectivity index (χ1) is 22.3. The van der Waals surface area contributed by atoms with Crippen molar-refractivity contribution in [3.05, 3.63) is 158 Å². The van der Waals surface area contributed by atoms with Crippen LogP contribution in [0.5, 0.6) is 0 Å². The summed E-state index contributed by atoms with van der Waals surface area (Å²) >= 11 is 0. The molecule has 0 aliphatic heterocycles. The van der Waals surface area contributed by atoms with Gasteiger partial charge in [0.05, 0.1) is 16.6 Å². The molecule has 1 aliphatic carbocycles. The second kappa shape index (κ2) is 9.25. The Bertz CT molecular complexity index is 2610. The van der Waals surface area contributed by atoms with Gasteiger partial charge in [-0.3, -0.25) is 4.98 Å². The second-order valence-corrected chi connectivity index (χ2v) is 12.0. The molecular formula is C43H26N2. The lowest BCUT2D eigenvalue weighted by molar-refractivity contribution is 1.18. The van der Waals surface area contributed by atoms with Crippen molar-refractivity contribution in [2.75, 3.05) is 0 Å². The molecule has 0 spiro atoms. The molecule has 208 valence electrons. The second-order valence-electron chi connectivity index (χ2n) is 12.0. The number of hydrogen-bond acceptors (Lipinski definition) is 1. The molecule has 0 atom stereocenters. The van der Waals surface area contributed by atoms with Gasteiger partial charge in [0, 0.05) is 28.0 Å². The Kier molecular flexibility index (Phi) is 5.03. The number of para-hydroxylation sites is 1. The molecule has 2 heteroatoms. The fourth-order valence-corrected chi connectivity index (χ4v) is 7.56. The van der Waals surface area contributed by atoms with Crippen molar-refractivity contribution in [1.29, 1.82) is 0 Å². The van der Waals surface area contributed by atoms with Crippen molar-refractivity contribution in [3.63, 3.8) is 0 Å². The zero-order valence-electron chi connectivity index (χ0n) is 24.4. The minimum absolute atomic E-state index is 1.03. The molecule has 2 aromatic heterocycles. The standard InChI is InChI=1S/C43H26N2/c1-2-13-31(14-3-1)45-40-23-20-28(25-39(40)42-43(45)33-15-5-4-10-30(33)26-44-42)27-11-8-12-29(24-27)32-21-22-38-35-17-7-6-16-34(35)37-19-9-18-36(32)41(37)38/h1-26H. The lowest BCUT2D eigenvalue weighted by Gasteiger charge is -2.12. The Morgan fingerprint density at radius 3 is 1.98 bits per heavy atom. The predicted molar refractivity (Wildman–Crippen MR) is 189 cm³/mol. The molecule has 0 bridgehead atoms. The van der Waals surface area contributed by atoms with E-state index >= 15 is 0 Å². The normalized spacial score (nSPS) is 12.0. The fourth-order valence-electron chi connectivity index (χ4n) is 7.56. The van der Waals surface area contributed by atoms with Crippen LogP contribution >= 0.6 is 0 Å². The third-order valence-corrected chi connectivity index (χ3v) is 9.56. The van der Waals surface area contributed by atoms with Crippen molar-refractivity contribution in [3.8, 4) is 50.2 Å². The highest BCUT2D eigenvalue weighted by Crippen LogP contribution is 2.49. The number of fused-ring (bicyclic) bond motifs is 8. The molecule has 1 aliphatic rings. The summed E-state index contributed by atoms with van der Waals surface area (Å²) in [5, 5.41) is 6.17. The molecule has 7 aromatic carbocycles. The predicted octanol–water partition coefficient (Wildman–Crippen LogP) is 11.5. The molecule has 0 amide bonds. The van der Waals surface area contributed by atoms with E-state index in [1.165, 1.54) is 60.7 Å². The highest BCUT2D eigenvalue weighted by molar-refractivity contribution is 6.19. The van der Waals surface area contributed by atoms with E-state index in [1.807, 2.05) is 6.20 Å². The first kappa shape index (κ1) is 24.5. The lowest BCUT2D eigenvalue weighted by Crippen LogP contribution is -1.94. The van der Waals surface area contributed by atoms with E-state index in [9.17, 15) is 0 Å². The van der Waals surface area contributed by atoms with Gasteiger partial charge in [0.1, 0.15) is 0 Å². The zero-order chi connectivity index (χ0) is 29.5. The van der Waals surface area contributed by atoms with Gasteiger partial charge in [-0.2, -0.15) is 0 Å². The molecule has 2 heterocycles. The Morgan fingerprint density at radius 1 is 0.422 bits per heavy atom. The molecule has 0 fully saturated rings. The summed E-state index contributed by atoms with van der Waals surface area (Å²) in [5.41, 5.74) is 14.7. The molecule has 0 saturated heterocycles. The Hall–Kier alpha value is -5.99. The van der Waals surface area contributed by atoms with Crippen molar-refractivity contribution in [2.45, 2.75) is 0 Å². The summed E-state index contributed by atoms with van der Waals surface area (Å²) in [7, 11) is 0. The van der Waals surface area contributed by atoms with Gasteiger partial charge in [-0.15, -0.1) is 0 Å². The first-order valence-electron chi connectivity index (χ1n) is 15.5. The molecule has 9 aromatic rings. The molecule has 2 nitrogen and oxygen atoms in total. The van der Waals surface area contributed by atoms with E-state index in [4.69, 9.17) is 4.98 Å². The maximum atomic E-state index is 5.04. The van der Waals surface area contributed by atoms with Crippen LogP contribution in [-0.4, -0.2) is 9.55 Å². The quantitative estimate of drug-likeness (QED) is 0.207. The van der Waals surface area contributed by atoms with Crippen LogP contribution in [0.4, 0.5) is 0 Å². The average molecular weight is 571 g/mol. The van der Waals surface area contributed by atoms with Crippen LogP contribution in [0.3, 0.4) is 0 Å². The zero-order valence-corrected chi connectivity index (χ0v) is 24.4. The van der Waals surface area contributed by atoms with Crippen LogP contribution in [0.25, 0.3) is 93.7 Å². The number of rotatable bonds is 3. The Labute approximate surface area is 260 Å². The van der Waals surface area contributed by atoms with Gasteiger partial charge in [-0.1, -0.05) is 121 Å². The Morgan fingerprint density at radius 2 is 1.09 bits per heavy atom. The van der Waals surface area contributed by atoms with E-state index in [0.29, 0.717) is 0 Å². The monoisotopic (exact) mass is 570 g/mol. The molecule has 0 unspecified atom stereocenters. The summed E-state index contributed by atoms with van der Waals surface area (Å²) in [4.78, 5) is 5.04. The van der Waals surface area contributed by atoms with Crippen molar-refractivity contribution in [1.82, 2.24) is 9.55 Å². The third-order valence-electron chi connectivity index (χ3n) is 9.56. The van der Waals surface area contributed by atoms with Gasteiger partial charge in [0.15, 0.2) is 0 Å². The maximum absolute atomic E-state index is 5.04. The summed E-state index contributed by atoms with van der Waals surface area (Å²) in [6.45, 7) is 0. The van der Waals surface area contributed by atoms with E-state index in [2.05, 4.69) is 156 Å². The Balaban J connectivity index is 1.17. The lowest BCUT2D eigenvalue weighted by atomic mass is 9.92. The van der Waals surface area contributed by atoms with Crippen molar-refractivity contribution in [2.24, 2.45) is 0 Å². The van der Waals surface area contributed by atoms with Crippen LogP contribution in [0.1, 0.15) is 0 Å². The summed E-state index contributed by atoms with van der Waals surface area (Å²) in [6.07, 6.45) is 2.01. The first-order valence-corrected chi connectivity index (χ1v) is 15.5. The van der Waals surface area contributed by atoms with Crippen LogP contribution in [0, 0.1) is 0 Å². The maximum Gasteiger partial charge on any atom is 0.0970 e. The van der Waals surface area contributed by atoms with Gasteiger partial charge < -0.3 is 4.57 Å². The largest absolute Gasteiger partial charge is 0.307 e. The van der Waals surface area contributed by atoms with E-state index in [0.717, 1.165) is 33.0 Å². The van der Waals surface area contributed by atoms with E-state index < -0.39 is 0 Å². The van der Waals surface area contributed by atoms with Gasteiger partial charge in [0.25, 0.3) is 0 Å². The van der Waals surface area contributed by atoms with Crippen LogP contribution in [0.15, 0.2) is 158 Å². The number of pyridine rings is 1. The molecule has 0 saturated carbocycles. The molecule has 10 rings (SSSR count).